The summed E-state index contributed by atoms with van der Waals surface area (Å²) in [7, 11) is 1.65. The molecule has 0 unspecified atom stereocenters. The van der Waals surface area contributed by atoms with Gasteiger partial charge in [-0.05, 0) is 59.0 Å². The van der Waals surface area contributed by atoms with Crippen LogP contribution in [-0.2, 0) is 14.8 Å². The number of rotatable bonds is 2. The van der Waals surface area contributed by atoms with Crippen LogP contribution in [0, 0.1) is 20.8 Å². The smallest absolute Gasteiger partial charge is 0.236 e. The summed E-state index contributed by atoms with van der Waals surface area (Å²) in [5, 5.41) is 9.76. The van der Waals surface area contributed by atoms with E-state index in [1.165, 1.54) is 0 Å². The highest BCUT2D eigenvalue weighted by atomic mass is 79.9. The highest BCUT2D eigenvalue weighted by Crippen LogP contribution is 2.37. The molecule has 3 nitrogen and oxygen atoms in total. The fourth-order valence-electron chi connectivity index (χ4n) is 1.55. The molecule has 1 aromatic carbocycles. The van der Waals surface area contributed by atoms with Gasteiger partial charge in [0.15, 0.2) is 0 Å². The molecule has 0 aromatic heterocycles. The Morgan fingerprint density at radius 2 is 1.69 bits per heavy atom. The molecular weight excluding hydrogens is 316 g/mol. The van der Waals surface area contributed by atoms with E-state index in [1.54, 1.807) is 20.8 Å². The lowest BCUT2D eigenvalue weighted by Crippen LogP contribution is -2.03. The molecule has 16 heavy (non-hydrogen) atoms. The van der Waals surface area contributed by atoms with Crippen LogP contribution < -0.4 is 0 Å². The fourth-order valence-corrected chi connectivity index (χ4v) is 3.19. The van der Waals surface area contributed by atoms with Crippen molar-refractivity contribution in [1.29, 1.82) is 0 Å². The third kappa shape index (κ3) is 2.70. The van der Waals surface area contributed by atoms with Gasteiger partial charge in [-0.15, -0.1) is 0 Å². The molecular formula is C10H12BrClO3S. The minimum Gasteiger partial charge on any atom is -0.506 e. The fraction of sp³-hybridized carbons (Fsp3) is 0.400. The molecule has 0 fully saturated rings. The lowest BCUT2D eigenvalue weighted by atomic mass is 9.99. The molecule has 0 aliphatic carbocycles. The summed E-state index contributed by atoms with van der Waals surface area (Å²) < 4.78 is 22.7. The number of halogens is 2. The zero-order valence-electron chi connectivity index (χ0n) is 9.13. The predicted molar refractivity (Wildman–Crippen MR) is 68.5 cm³/mol. The number of aromatic hydroxyl groups is 1. The summed E-state index contributed by atoms with van der Waals surface area (Å²) in [6.07, 6.45) is 0. The van der Waals surface area contributed by atoms with Crippen LogP contribution in [0.2, 0.25) is 0 Å². The Morgan fingerprint density at radius 3 is 2.12 bits per heavy atom. The van der Waals surface area contributed by atoms with Gasteiger partial charge in [-0.2, -0.15) is 0 Å². The first-order chi connectivity index (χ1) is 7.15. The summed E-state index contributed by atoms with van der Waals surface area (Å²) >= 11 is 3.23. The van der Waals surface area contributed by atoms with E-state index in [0.717, 1.165) is 5.56 Å². The Bertz CT molecular complexity index is 508. The van der Waals surface area contributed by atoms with Crippen molar-refractivity contribution in [3.63, 3.8) is 0 Å². The van der Waals surface area contributed by atoms with Gasteiger partial charge in [-0.1, -0.05) is 0 Å². The first-order valence-electron chi connectivity index (χ1n) is 4.54. The summed E-state index contributed by atoms with van der Waals surface area (Å²) in [6, 6.07) is 0. The van der Waals surface area contributed by atoms with E-state index in [1.807, 2.05) is 0 Å². The number of hydrogen-bond donors (Lipinski definition) is 1. The van der Waals surface area contributed by atoms with Crippen molar-refractivity contribution < 1.29 is 13.5 Å². The van der Waals surface area contributed by atoms with Crippen LogP contribution in [0.5, 0.6) is 5.75 Å². The molecule has 0 saturated heterocycles. The normalized spacial score (nSPS) is 11.8. The van der Waals surface area contributed by atoms with Crippen LogP contribution in [0.4, 0.5) is 0 Å². The maximum atomic E-state index is 11.1. The molecule has 0 saturated carbocycles. The molecule has 0 heterocycles. The number of phenols is 1. The topological polar surface area (TPSA) is 54.4 Å². The van der Waals surface area contributed by atoms with Crippen molar-refractivity contribution in [2.75, 3.05) is 0 Å². The van der Waals surface area contributed by atoms with E-state index in [4.69, 9.17) is 10.7 Å². The summed E-state index contributed by atoms with van der Waals surface area (Å²) in [5.74, 6) is -0.0860. The molecule has 1 rings (SSSR count). The molecule has 1 aromatic rings. The molecule has 0 radical (unpaired) electrons. The summed E-state index contributed by atoms with van der Waals surface area (Å²) in [5.41, 5.74) is 2.75. The molecule has 0 atom stereocenters. The molecule has 90 valence electrons. The van der Waals surface area contributed by atoms with Crippen LogP contribution in [0.15, 0.2) is 4.47 Å². The number of benzene rings is 1. The van der Waals surface area contributed by atoms with Crippen LogP contribution in [0.3, 0.4) is 0 Å². The van der Waals surface area contributed by atoms with Gasteiger partial charge in [0.05, 0.1) is 10.2 Å². The van der Waals surface area contributed by atoms with E-state index in [0.29, 0.717) is 21.2 Å². The average molecular weight is 328 g/mol. The number of hydrogen-bond acceptors (Lipinski definition) is 3. The largest absolute Gasteiger partial charge is 0.506 e. The van der Waals surface area contributed by atoms with E-state index < -0.39 is 9.05 Å². The quantitative estimate of drug-likeness (QED) is 0.849. The lowest BCUT2D eigenvalue weighted by molar-refractivity contribution is 0.466. The third-order valence-electron chi connectivity index (χ3n) is 2.68. The van der Waals surface area contributed by atoms with Crippen LogP contribution in [0.25, 0.3) is 0 Å². The zero-order valence-corrected chi connectivity index (χ0v) is 12.3. The maximum absolute atomic E-state index is 11.1. The van der Waals surface area contributed by atoms with Crippen LogP contribution >= 0.6 is 26.6 Å². The second-order valence-electron chi connectivity index (χ2n) is 3.70. The monoisotopic (exact) mass is 326 g/mol. The average Bonchev–Trinajstić information content (AvgIpc) is 2.17. The van der Waals surface area contributed by atoms with E-state index >= 15 is 0 Å². The van der Waals surface area contributed by atoms with E-state index in [-0.39, 0.29) is 11.5 Å². The van der Waals surface area contributed by atoms with Gasteiger partial charge in [-0.3, -0.25) is 0 Å². The van der Waals surface area contributed by atoms with Crippen LogP contribution in [0.1, 0.15) is 22.3 Å². The van der Waals surface area contributed by atoms with Crippen molar-refractivity contribution >= 4 is 35.7 Å². The molecule has 0 aliphatic heterocycles. The lowest BCUT2D eigenvalue weighted by Gasteiger charge is -2.15. The first kappa shape index (κ1) is 13.8. The van der Waals surface area contributed by atoms with Crippen molar-refractivity contribution in [3.8, 4) is 5.75 Å². The van der Waals surface area contributed by atoms with E-state index in [9.17, 15) is 13.5 Å². The summed E-state index contributed by atoms with van der Waals surface area (Å²) in [6.45, 7) is 5.25. The second-order valence-corrected chi connectivity index (χ2v) is 7.27. The Balaban J connectivity index is 3.52. The minimum absolute atomic E-state index is 0.144. The highest BCUT2D eigenvalue weighted by molar-refractivity contribution is 9.10. The standard InChI is InChI=1S/C10H12BrClO3S/c1-5-6(2)10(13)9(11)7(3)8(5)4-16(12,14)15/h13H,4H2,1-3H3. The van der Waals surface area contributed by atoms with Gasteiger partial charge >= 0.3 is 0 Å². The first-order valence-corrected chi connectivity index (χ1v) is 7.81. The highest BCUT2D eigenvalue weighted by Gasteiger charge is 2.18. The Morgan fingerprint density at radius 1 is 1.19 bits per heavy atom. The molecule has 0 aliphatic rings. The van der Waals surface area contributed by atoms with Crippen LogP contribution in [-0.4, -0.2) is 13.5 Å². The predicted octanol–water partition coefficient (Wildman–Crippen LogP) is 3.15. The molecule has 0 amide bonds. The Hall–Kier alpha value is -0.260. The van der Waals surface area contributed by atoms with Gasteiger partial charge in [0, 0.05) is 10.7 Å². The molecule has 6 heteroatoms. The van der Waals surface area contributed by atoms with Gasteiger partial charge < -0.3 is 5.11 Å². The number of phenolic OH excluding ortho intramolecular Hbond substituents is 1. The molecule has 0 bridgehead atoms. The molecule has 0 spiro atoms. The Labute approximate surface area is 108 Å². The van der Waals surface area contributed by atoms with Crippen molar-refractivity contribution in [1.82, 2.24) is 0 Å². The van der Waals surface area contributed by atoms with Crippen molar-refractivity contribution in [3.05, 3.63) is 26.7 Å². The summed E-state index contributed by atoms with van der Waals surface area (Å²) in [4.78, 5) is 0. The maximum Gasteiger partial charge on any atom is 0.236 e. The van der Waals surface area contributed by atoms with Crippen molar-refractivity contribution in [2.24, 2.45) is 0 Å². The molecule has 1 N–H and O–H groups in total. The van der Waals surface area contributed by atoms with Gasteiger partial charge in [-0.25, -0.2) is 8.42 Å². The zero-order chi connectivity index (χ0) is 12.7. The van der Waals surface area contributed by atoms with Gasteiger partial charge in [0.25, 0.3) is 0 Å². The van der Waals surface area contributed by atoms with E-state index in [2.05, 4.69) is 15.9 Å². The third-order valence-corrected chi connectivity index (χ3v) is 4.61. The SMILES string of the molecule is Cc1c(C)c(CS(=O)(=O)Cl)c(C)c(Br)c1O. The van der Waals surface area contributed by atoms with Crippen molar-refractivity contribution in [2.45, 2.75) is 26.5 Å². The van der Waals surface area contributed by atoms with Gasteiger partial charge in [0.1, 0.15) is 5.75 Å². The van der Waals surface area contributed by atoms with Gasteiger partial charge in [0.2, 0.25) is 9.05 Å². The minimum atomic E-state index is -3.60. The Kier molecular flexibility index (Phi) is 3.92. The second kappa shape index (κ2) is 4.55.